The second kappa shape index (κ2) is 2.60. The lowest BCUT2D eigenvalue weighted by atomic mass is 10.1. The molecule has 0 fully saturated rings. The Morgan fingerprint density at radius 1 is 1.21 bits per heavy atom. The minimum absolute atomic E-state index is 0.376. The maximum absolute atomic E-state index is 11.0. The van der Waals surface area contributed by atoms with E-state index < -0.39 is 0 Å². The van der Waals surface area contributed by atoms with Crippen molar-refractivity contribution in [1.29, 1.82) is 0 Å². The van der Waals surface area contributed by atoms with Gasteiger partial charge in [-0.2, -0.15) is 9.98 Å². The number of carbonyl (C=O) groups excluding carboxylic acids is 1. The smallest absolute Gasteiger partial charge is 0.365 e. The Bertz CT molecular complexity index is 442. The van der Waals surface area contributed by atoms with Gasteiger partial charge in [-0.25, -0.2) is 4.79 Å². The zero-order chi connectivity index (χ0) is 9.54. The molecule has 0 bridgehead atoms. The van der Waals surface area contributed by atoms with Crippen molar-refractivity contribution in [1.82, 2.24) is 5.32 Å². The number of hydrogen-bond donors (Lipinski definition) is 1. The molecule has 2 heterocycles. The number of nitrogens with zero attached hydrogens (tertiary/aromatic N) is 3. The van der Waals surface area contributed by atoms with Crippen LogP contribution in [0.4, 0.5) is 4.79 Å². The van der Waals surface area contributed by atoms with E-state index in [0.717, 1.165) is 22.8 Å². The van der Waals surface area contributed by atoms with E-state index in [9.17, 15) is 4.79 Å². The van der Waals surface area contributed by atoms with Crippen molar-refractivity contribution >= 4 is 23.2 Å². The third-order valence-corrected chi connectivity index (χ3v) is 2.48. The van der Waals surface area contributed by atoms with Gasteiger partial charge in [-0.05, 0) is 0 Å². The highest BCUT2D eigenvalue weighted by atomic mass is 16.2. The van der Waals surface area contributed by atoms with E-state index in [-0.39, 0.29) is 6.03 Å². The number of nitrogens with one attached hydrogen (secondary N) is 1. The summed E-state index contributed by atoms with van der Waals surface area (Å²) >= 11 is 0. The van der Waals surface area contributed by atoms with E-state index >= 15 is 0 Å². The second-order valence-corrected chi connectivity index (χ2v) is 3.34. The summed E-state index contributed by atoms with van der Waals surface area (Å²) in [6.07, 6.45) is 3.32. The van der Waals surface area contributed by atoms with Gasteiger partial charge < -0.3 is 5.32 Å². The van der Waals surface area contributed by atoms with Crippen molar-refractivity contribution < 1.29 is 4.79 Å². The molecule has 0 unspecified atom stereocenters. The van der Waals surface area contributed by atoms with Crippen LogP contribution in [0.25, 0.3) is 0 Å². The van der Waals surface area contributed by atoms with Crippen molar-refractivity contribution in [2.75, 3.05) is 6.67 Å². The molecular formula is C9H8N4O. The SMILES string of the molecule is O=C1N=C2CC=C3NCN=C3CC2=N1. The van der Waals surface area contributed by atoms with E-state index in [2.05, 4.69) is 20.3 Å². The van der Waals surface area contributed by atoms with Gasteiger partial charge in [0.15, 0.2) is 0 Å². The average molecular weight is 188 g/mol. The summed E-state index contributed by atoms with van der Waals surface area (Å²) in [6.45, 7) is 0.634. The first-order chi connectivity index (χ1) is 6.83. The van der Waals surface area contributed by atoms with Gasteiger partial charge in [-0.3, -0.25) is 4.99 Å². The second-order valence-electron chi connectivity index (χ2n) is 3.34. The molecule has 0 atom stereocenters. The van der Waals surface area contributed by atoms with Crippen LogP contribution in [0.2, 0.25) is 0 Å². The van der Waals surface area contributed by atoms with Crippen LogP contribution in [0.1, 0.15) is 12.8 Å². The highest BCUT2D eigenvalue weighted by molar-refractivity contribution is 6.51. The fraction of sp³-hybridized carbons (Fsp3) is 0.333. The van der Waals surface area contributed by atoms with Crippen LogP contribution in [0.3, 0.4) is 0 Å². The Morgan fingerprint density at radius 3 is 3.00 bits per heavy atom. The fourth-order valence-corrected chi connectivity index (χ4v) is 1.80. The summed E-state index contributed by atoms with van der Waals surface area (Å²) in [5.74, 6) is 0. The molecule has 3 rings (SSSR count). The molecule has 0 aromatic rings. The van der Waals surface area contributed by atoms with Crippen molar-refractivity contribution in [3.8, 4) is 0 Å². The van der Waals surface area contributed by atoms with Crippen molar-refractivity contribution in [3.63, 3.8) is 0 Å². The molecule has 1 aliphatic carbocycles. The Labute approximate surface area is 80.3 Å². The summed E-state index contributed by atoms with van der Waals surface area (Å²) in [5, 5.41) is 3.16. The summed E-state index contributed by atoms with van der Waals surface area (Å²) in [4.78, 5) is 23.0. The molecule has 0 saturated carbocycles. The fourth-order valence-electron chi connectivity index (χ4n) is 1.80. The molecule has 3 aliphatic rings. The van der Waals surface area contributed by atoms with Crippen molar-refractivity contribution in [2.24, 2.45) is 15.0 Å². The molecule has 2 aliphatic heterocycles. The van der Waals surface area contributed by atoms with Gasteiger partial charge in [0, 0.05) is 12.8 Å². The topological polar surface area (TPSA) is 66.2 Å². The minimum Gasteiger partial charge on any atom is -0.365 e. The van der Waals surface area contributed by atoms with Crippen LogP contribution in [-0.4, -0.2) is 29.8 Å². The summed E-state index contributed by atoms with van der Waals surface area (Å²) in [7, 11) is 0. The predicted molar refractivity (Wildman–Crippen MR) is 53.0 cm³/mol. The third-order valence-electron chi connectivity index (χ3n) is 2.48. The van der Waals surface area contributed by atoms with E-state index in [4.69, 9.17) is 0 Å². The first-order valence-electron chi connectivity index (χ1n) is 4.50. The van der Waals surface area contributed by atoms with Gasteiger partial charge in [-0.15, -0.1) is 0 Å². The zero-order valence-electron chi connectivity index (χ0n) is 7.45. The van der Waals surface area contributed by atoms with Gasteiger partial charge in [0.2, 0.25) is 0 Å². The number of fused-ring (bicyclic) bond motifs is 2. The van der Waals surface area contributed by atoms with Gasteiger partial charge >= 0.3 is 6.03 Å². The molecule has 2 amide bonds. The molecular weight excluding hydrogens is 180 g/mol. The monoisotopic (exact) mass is 188 g/mol. The molecule has 0 radical (unpaired) electrons. The van der Waals surface area contributed by atoms with Gasteiger partial charge in [0.25, 0.3) is 0 Å². The summed E-state index contributed by atoms with van der Waals surface area (Å²) < 4.78 is 0. The molecule has 14 heavy (non-hydrogen) atoms. The van der Waals surface area contributed by atoms with Crippen LogP contribution in [-0.2, 0) is 0 Å². The normalized spacial score (nSPS) is 23.9. The van der Waals surface area contributed by atoms with Crippen LogP contribution < -0.4 is 5.32 Å². The highest BCUT2D eigenvalue weighted by Gasteiger charge is 2.26. The molecule has 0 spiro atoms. The standard InChI is InChI=1S/C9H8N4O/c14-9-12-6-2-1-5-7(11-4-10-5)3-8(6)13-9/h1,10H,2-4H2. The maximum atomic E-state index is 11.0. The summed E-state index contributed by atoms with van der Waals surface area (Å²) in [6, 6.07) is -0.376. The lowest BCUT2D eigenvalue weighted by Crippen LogP contribution is -2.13. The number of hydrogen-bond acceptors (Lipinski definition) is 3. The Kier molecular flexibility index (Phi) is 1.41. The highest BCUT2D eigenvalue weighted by Crippen LogP contribution is 2.17. The van der Waals surface area contributed by atoms with Gasteiger partial charge in [0.05, 0.1) is 22.8 Å². The Balaban J connectivity index is 2.03. The molecule has 5 heteroatoms. The number of amides is 2. The first-order valence-corrected chi connectivity index (χ1v) is 4.50. The predicted octanol–water partition coefficient (Wildman–Crippen LogP) is 0.681. The minimum atomic E-state index is -0.376. The van der Waals surface area contributed by atoms with E-state index in [0.29, 0.717) is 19.5 Å². The van der Waals surface area contributed by atoms with Crippen LogP contribution in [0.5, 0.6) is 0 Å². The van der Waals surface area contributed by atoms with Gasteiger partial charge in [0.1, 0.15) is 6.67 Å². The molecule has 0 saturated heterocycles. The van der Waals surface area contributed by atoms with Crippen molar-refractivity contribution in [3.05, 3.63) is 11.8 Å². The molecule has 5 nitrogen and oxygen atoms in total. The number of allylic oxidation sites excluding steroid dienone is 2. The van der Waals surface area contributed by atoms with E-state index in [1.807, 2.05) is 6.08 Å². The van der Waals surface area contributed by atoms with Gasteiger partial charge in [-0.1, -0.05) is 6.08 Å². The molecule has 0 aromatic carbocycles. The molecule has 0 aromatic heterocycles. The van der Waals surface area contributed by atoms with E-state index in [1.54, 1.807) is 0 Å². The molecule has 70 valence electrons. The lowest BCUT2D eigenvalue weighted by Gasteiger charge is -1.98. The number of carbonyl (C=O) groups is 1. The number of rotatable bonds is 0. The average Bonchev–Trinajstić information content (AvgIpc) is 2.69. The maximum Gasteiger partial charge on any atom is 0.367 e. The quantitative estimate of drug-likeness (QED) is 0.607. The third kappa shape index (κ3) is 1.02. The van der Waals surface area contributed by atoms with Crippen LogP contribution in [0.15, 0.2) is 26.8 Å². The van der Waals surface area contributed by atoms with Crippen molar-refractivity contribution in [2.45, 2.75) is 12.8 Å². The molecule has 1 N–H and O–H groups in total. The van der Waals surface area contributed by atoms with Crippen LogP contribution in [0, 0.1) is 0 Å². The Morgan fingerprint density at radius 2 is 2.07 bits per heavy atom. The summed E-state index contributed by atoms with van der Waals surface area (Å²) in [5.41, 5.74) is 3.63. The first kappa shape index (κ1) is 7.61. The zero-order valence-corrected chi connectivity index (χ0v) is 7.45. The van der Waals surface area contributed by atoms with Crippen LogP contribution >= 0.6 is 0 Å². The van der Waals surface area contributed by atoms with E-state index in [1.165, 1.54) is 0 Å². The number of urea groups is 1. The lowest BCUT2D eigenvalue weighted by molar-refractivity contribution is 0.257. The Hall–Kier alpha value is -1.78. The number of aliphatic imine (C=N–C) groups is 3. The largest absolute Gasteiger partial charge is 0.367 e.